The number of hydrogen-bond acceptors (Lipinski definition) is 8. The van der Waals surface area contributed by atoms with E-state index in [1.54, 1.807) is 26.0 Å². The van der Waals surface area contributed by atoms with Gasteiger partial charge >= 0.3 is 11.9 Å². The summed E-state index contributed by atoms with van der Waals surface area (Å²) < 4.78 is 5.52. The Labute approximate surface area is 201 Å². The molecule has 0 fully saturated rings. The molecule has 2 amide bonds. The van der Waals surface area contributed by atoms with E-state index in [-0.39, 0.29) is 24.6 Å². The van der Waals surface area contributed by atoms with Crippen molar-refractivity contribution in [2.24, 2.45) is 11.7 Å². The fraction of sp³-hybridized carbons (Fsp3) is 0.571. The van der Waals surface area contributed by atoms with E-state index in [2.05, 4.69) is 15.6 Å². The maximum Gasteiger partial charge on any atom is 0.355 e. The second-order valence-electron chi connectivity index (χ2n) is 8.21. The largest absolute Gasteiger partial charge is 0.476 e. The van der Waals surface area contributed by atoms with Gasteiger partial charge in [-0.2, -0.15) is 0 Å². The highest BCUT2D eigenvalue weighted by atomic mass is 35.5. The van der Waals surface area contributed by atoms with Gasteiger partial charge in [0.15, 0.2) is 5.69 Å². The molecule has 10 nitrogen and oxygen atoms in total. The lowest BCUT2D eigenvalue weighted by Crippen LogP contribution is -2.56. The van der Waals surface area contributed by atoms with Gasteiger partial charge in [-0.3, -0.25) is 9.59 Å². The van der Waals surface area contributed by atoms with Crippen LogP contribution in [-0.4, -0.2) is 57.4 Å². The number of nitrogens with two attached hydrogens (primary N) is 1. The number of carboxylic acids is 1. The summed E-state index contributed by atoms with van der Waals surface area (Å²) >= 11 is 6.79. The van der Waals surface area contributed by atoms with Gasteiger partial charge in [0.1, 0.15) is 17.2 Å². The molecule has 1 aromatic heterocycles. The molecule has 1 aromatic rings. The highest BCUT2D eigenvalue weighted by Crippen LogP contribution is 2.12. The van der Waals surface area contributed by atoms with Gasteiger partial charge in [0.25, 0.3) is 0 Å². The van der Waals surface area contributed by atoms with Crippen molar-refractivity contribution >= 4 is 46.7 Å². The highest BCUT2D eigenvalue weighted by Gasteiger charge is 2.32. The van der Waals surface area contributed by atoms with Gasteiger partial charge in [-0.1, -0.05) is 19.9 Å². The number of alkyl halides is 1. The van der Waals surface area contributed by atoms with Crippen LogP contribution in [0.3, 0.4) is 0 Å². The summed E-state index contributed by atoms with van der Waals surface area (Å²) in [6.45, 7) is 6.59. The molecule has 33 heavy (non-hydrogen) atoms. The Balaban J connectivity index is 2.81. The number of allylic oxidation sites excluding steroid dienone is 1. The molecule has 1 rings (SSSR count). The molecule has 184 valence electrons. The van der Waals surface area contributed by atoms with Crippen molar-refractivity contribution in [3.05, 3.63) is 28.2 Å². The molecule has 12 heteroatoms. The number of aromatic carboxylic acids is 1. The molecule has 1 unspecified atom stereocenters. The molecule has 0 spiro atoms. The number of nitrogens with one attached hydrogen (secondary N) is 2. The molecule has 2 atom stereocenters. The molecule has 0 aromatic carbocycles. The standard InChI is InChI=1S/C21H31ClN4O6S/c1-12(2)17(26-20(31)21(3,4)23)19(30)32-13(7-5-6-8-22)9-15(27)24-10-16-25-14(11-33-16)18(28)29/h5,7,11-13,17H,6,8-10,23H2,1-4H3,(H,24,27)(H,26,31)(H,28,29)/b7-5+/t13-,17?/m1/s1. The van der Waals surface area contributed by atoms with E-state index < -0.39 is 41.4 Å². The fourth-order valence-electron chi connectivity index (χ4n) is 2.43. The third-order valence-electron chi connectivity index (χ3n) is 4.28. The first-order valence-electron chi connectivity index (χ1n) is 10.3. The predicted molar refractivity (Wildman–Crippen MR) is 125 cm³/mol. The number of carbonyl (C=O) groups is 4. The monoisotopic (exact) mass is 502 g/mol. The highest BCUT2D eigenvalue weighted by molar-refractivity contribution is 7.09. The maximum absolute atomic E-state index is 12.8. The van der Waals surface area contributed by atoms with E-state index in [1.165, 1.54) is 19.2 Å². The van der Waals surface area contributed by atoms with Crippen molar-refractivity contribution in [2.75, 3.05) is 5.88 Å². The first-order valence-corrected chi connectivity index (χ1v) is 11.7. The van der Waals surface area contributed by atoms with Crippen LogP contribution in [0.5, 0.6) is 0 Å². The lowest BCUT2D eigenvalue weighted by atomic mass is 10.0. The number of thiazole rings is 1. The zero-order valence-electron chi connectivity index (χ0n) is 19.1. The van der Waals surface area contributed by atoms with Gasteiger partial charge in [0.2, 0.25) is 11.8 Å². The zero-order valence-corrected chi connectivity index (χ0v) is 20.7. The third-order valence-corrected chi connectivity index (χ3v) is 5.35. The third kappa shape index (κ3) is 10.3. The lowest BCUT2D eigenvalue weighted by Gasteiger charge is -2.26. The van der Waals surface area contributed by atoms with Crippen LogP contribution in [0.15, 0.2) is 17.5 Å². The summed E-state index contributed by atoms with van der Waals surface area (Å²) in [6.07, 6.45) is 2.71. The topological polar surface area (TPSA) is 161 Å². The van der Waals surface area contributed by atoms with Crippen molar-refractivity contribution < 1.29 is 29.0 Å². The second kappa shape index (κ2) is 13.3. The van der Waals surface area contributed by atoms with Crippen LogP contribution < -0.4 is 16.4 Å². The zero-order chi connectivity index (χ0) is 25.2. The van der Waals surface area contributed by atoms with Crippen LogP contribution in [0.25, 0.3) is 0 Å². The van der Waals surface area contributed by atoms with Crippen LogP contribution in [0.1, 0.15) is 56.0 Å². The number of aromatic nitrogens is 1. The molecule has 0 radical (unpaired) electrons. The second-order valence-corrected chi connectivity index (χ2v) is 9.53. The van der Waals surface area contributed by atoms with Crippen molar-refractivity contribution in [3.63, 3.8) is 0 Å². The van der Waals surface area contributed by atoms with E-state index in [0.29, 0.717) is 17.3 Å². The minimum Gasteiger partial charge on any atom is -0.476 e. The quantitative estimate of drug-likeness (QED) is 0.180. The molecule has 0 aliphatic rings. The van der Waals surface area contributed by atoms with Crippen LogP contribution in [0.2, 0.25) is 0 Å². The number of carboxylic acid groups (broad SMARTS) is 1. The van der Waals surface area contributed by atoms with Gasteiger partial charge < -0.3 is 26.2 Å². The van der Waals surface area contributed by atoms with Crippen LogP contribution >= 0.6 is 22.9 Å². The molecule has 0 saturated heterocycles. The Bertz CT molecular complexity index is 865. The van der Waals surface area contributed by atoms with Crippen LogP contribution in [-0.2, 0) is 25.7 Å². The van der Waals surface area contributed by atoms with E-state index in [9.17, 15) is 19.2 Å². The Kier molecular flexibility index (Phi) is 11.5. The summed E-state index contributed by atoms with van der Waals surface area (Å²) in [4.78, 5) is 52.2. The van der Waals surface area contributed by atoms with E-state index in [4.69, 9.17) is 27.2 Å². The smallest absolute Gasteiger partial charge is 0.355 e. The predicted octanol–water partition coefficient (Wildman–Crippen LogP) is 1.82. The molecule has 0 aliphatic carbocycles. The molecular formula is C21H31ClN4O6S. The number of amides is 2. The summed E-state index contributed by atoms with van der Waals surface area (Å²) in [5.74, 6) is -2.70. The number of carbonyl (C=O) groups excluding carboxylic acids is 3. The Hall–Kier alpha value is -2.50. The SMILES string of the molecule is CC(C)C(NC(=O)C(C)(C)N)C(=O)O[C@H](/C=C/CCCl)CC(=O)NCc1nc(C(=O)O)cs1. The number of hydrogen-bond donors (Lipinski definition) is 4. The minimum atomic E-state index is -1.18. The van der Waals surface area contributed by atoms with E-state index in [1.807, 2.05) is 0 Å². The molecular weight excluding hydrogens is 472 g/mol. The summed E-state index contributed by atoms with van der Waals surface area (Å²) in [5, 5.41) is 16.0. The summed E-state index contributed by atoms with van der Waals surface area (Å²) in [5.41, 5.74) is 4.53. The Morgan fingerprint density at radius 2 is 2.00 bits per heavy atom. The van der Waals surface area contributed by atoms with Crippen LogP contribution in [0, 0.1) is 5.92 Å². The van der Waals surface area contributed by atoms with Gasteiger partial charge in [-0.05, 0) is 32.3 Å². The number of esters is 1. The summed E-state index contributed by atoms with van der Waals surface area (Å²) in [7, 11) is 0. The fourth-order valence-corrected chi connectivity index (χ4v) is 3.26. The lowest BCUT2D eigenvalue weighted by molar-refractivity contribution is -0.153. The van der Waals surface area contributed by atoms with Crippen LogP contribution in [0.4, 0.5) is 0 Å². The van der Waals surface area contributed by atoms with E-state index in [0.717, 1.165) is 11.3 Å². The number of nitrogens with zero attached hydrogens (tertiary/aromatic N) is 1. The van der Waals surface area contributed by atoms with Gasteiger partial charge in [-0.25, -0.2) is 14.6 Å². The normalized spacial score (nSPS) is 13.5. The van der Waals surface area contributed by atoms with Gasteiger partial charge in [-0.15, -0.1) is 22.9 Å². The molecule has 0 saturated carbocycles. The average Bonchev–Trinajstić information content (AvgIpc) is 3.18. The summed E-state index contributed by atoms with van der Waals surface area (Å²) in [6, 6.07) is -0.947. The van der Waals surface area contributed by atoms with Crippen molar-refractivity contribution in [2.45, 2.75) is 64.8 Å². The maximum atomic E-state index is 12.8. The number of halogens is 1. The average molecular weight is 503 g/mol. The Morgan fingerprint density at radius 3 is 2.52 bits per heavy atom. The number of rotatable bonds is 13. The minimum absolute atomic E-state index is 0.0408. The Morgan fingerprint density at radius 1 is 1.33 bits per heavy atom. The van der Waals surface area contributed by atoms with Crippen molar-refractivity contribution in [1.29, 1.82) is 0 Å². The molecule has 0 bridgehead atoms. The molecule has 5 N–H and O–H groups in total. The van der Waals surface area contributed by atoms with Crippen molar-refractivity contribution in [3.8, 4) is 0 Å². The first-order chi connectivity index (χ1) is 15.3. The van der Waals surface area contributed by atoms with E-state index >= 15 is 0 Å². The molecule has 1 heterocycles. The first kappa shape index (κ1) is 28.5. The van der Waals surface area contributed by atoms with Gasteiger partial charge in [0.05, 0.1) is 18.5 Å². The van der Waals surface area contributed by atoms with Crippen molar-refractivity contribution in [1.82, 2.24) is 15.6 Å². The molecule has 0 aliphatic heterocycles. The number of ether oxygens (including phenoxy) is 1. The van der Waals surface area contributed by atoms with Gasteiger partial charge in [0, 0.05) is 11.3 Å².